The topological polar surface area (TPSA) is 58.6 Å². The highest BCUT2D eigenvalue weighted by molar-refractivity contribution is 9.10. The van der Waals surface area contributed by atoms with Crippen molar-refractivity contribution in [2.24, 2.45) is 0 Å². The van der Waals surface area contributed by atoms with Crippen LogP contribution in [0.1, 0.15) is 5.56 Å². The Kier molecular flexibility index (Phi) is 5.61. The lowest BCUT2D eigenvalue weighted by molar-refractivity contribution is -0.118. The number of benzene rings is 2. The quantitative estimate of drug-likeness (QED) is 0.845. The number of ether oxygens (including phenoxy) is 1. The smallest absolute Gasteiger partial charge is 0.262 e. The first-order chi connectivity index (χ1) is 10.1. The molecule has 21 heavy (non-hydrogen) atoms. The second kappa shape index (κ2) is 7.45. The lowest BCUT2D eigenvalue weighted by Crippen LogP contribution is -2.20. The Morgan fingerprint density at radius 2 is 1.95 bits per heavy atom. The molecular weight excluding hydrogens is 358 g/mol. The van der Waals surface area contributed by atoms with E-state index in [0.29, 0.717) is 22.0 Å². The van der Waals surface area contributed by atoms with Crippen LogP contribution in [0.4, 0.5) is 5.69 Å². The molecule has 0 heterocycles. The van der Waals surface area contributed by atoms with Crippen molar-refractivity contribution in [1.29, 1.82) is 0 Å². The fraction of sp³-hybridized carbons (Fsp3) is 0.133. The van der Waals surface area contributed by atoms with Crippen LogP contribution in [0.5, 0.6) is 5.75 Å². The Morgan fingerprint density at radius 1 is 1.24 bits per heavy atom. The van der Waals surface area contributed by atoms with Crippen molar-refractivity contribution in [2.75, 3.05) is 11.9 Å². The normalized spacial score (nSPS) is 10.2. The predicted octanol–water partition coefficient (Wildman–Crippen LogP) is 3.61. The fourth-order valence-corrected chi connectivity index (χ4v) is 2.19. The molecule has 0 radical (unpaired) electrons. The number of aliphatic hydroxyl groups excluding tert-OH is 1. The summed E-state index contributed by atoms with van der Waals surface area (Å²) in [5.41, 5.74) is 1.15. The number of anilines is 1. The minimum absolute atomic E-state index is 0.163. The molecule has 0 bridgehead atoms. The molecule has 1 amide bonds. The first kappa shape index (κ1) is 15.8. The first-order valence-corrected chi connectivity index (χ1v) is 7.33. The van der Waals surface area contributed by atoms with Crippen LogP contribution in [-0.4, -0.2) is 17.6 Å². The summed E-state index contributed by atoms with van der Waals surface area (Å²) in [4.78, 5) is 11.8. The highest BCUT2D eigenvalue weighted by atomic mass is 79.9. The third kappa shape index (κ3) is 4.46. The molecule has 0 aliphatic heterocycles. The van der Waals surface area contributed by atoms with Gasteiger partial charge < -0.3 is 15.2 Å². The van der Waals surface area contributed by atoms with Gasteiger partial charge in [-0.05, 0) is 36.4 Å². The second-order valence-electron chi connectivity index (χ2n) is 4.22. The molecule has 0 saturated carbocycles. The molecule has 4 nitrogen and oxygen atoms in total. The maximum Gasteiger partial charge on any atom is 0.262 e. The Labute approximate surface area is 135 Å². The van der Waals surface area contributed by atoms with Crippen LogP contribution < -0.4 is 10.1 Å². The third-order valence-corrected chi connectivity index (χ3v) is 3.60. The zero-order valence-corrected chi connectivity index (χ0v) is 13.3. The van der Waals surface area contributed by atoms with Gasteiger partial charge >= 0.3 is 0 Å². The van der Waals surface area contributed by atoms with Crippen LogP contribution in [0.25, 0.3) is 0 Å². The largest absolute Gasteiger partial charge is 0.483 e. The molecule has 0 aliphatic rings. The summed E-state index contributed by atoms with van der Waals surface area (Å²) in [6, 6.07) is 12.2. The van der Waals surface area contributed by atoms with Crippen LogP contribution in [0, 0.1) is 0 Å². The van der Waals surface area contributed by atoms with Crippen molar-refractivity contribution in [3.63, 3.8) is 0 Å². The second-order valence-corrected chi connectivity index (χ2v) is 5.54. The van der Waals surface area contributed by atoms with Crippen molar-refractivity contribution in [3.8, 4) is 5.75 Å². The molecule has 2 N–H and O–H groups in total. The van der Waals surface area contributed by atoms with Crippen LogP contribution in [0.3, 0.4) is 0 Å². The zero-order valence-electron chi connectivity index (χ0n) is 11.0. The summed E-state index contributed by atoms with van der Waals surface area (Å²) in [6.07, 6.45) is 0. The van der Waals surface area contributed by atoms with E-state index in [9.17, 15) is 9.90 Å². The standard InChI is InChI=1S/C15H13BrClNO3/c16-10-4-6-11(7-5-10)18-15(20)9-21-14-3-1-2-13(17)12(14)8-19/h1-7,19H,8-9H2,(H,18,20). The lowest BCUT2D eigenvalue weighted by atomic mass is 10.2. The van der Waals surface area contributed by atoms with Crippen molar-refractivity contribution in [1.82, 2.24) is 0 Å². The van der Waals surface area contributed by atoms with Gasteiger partial charge in [0.1, 0.15) is 5.75 Å². The minimum Gasteiger partial charge on any atom is -0.483 e. The molecule has 0 aromatic heterocycles. The van der Waals surface area contributed by atoms with Crippen LogP contribution in [0.15, 0.2) is 46.9 Å². The summed E-state index contributed by atoms with van der Waals surface area (Å²) in [6.45, 7) is -0.410. The number of carbonyl (C=O) groups excluding carboxylic acids is 1. The van der Waals surface area contributed by atoms with E-state index in [1.807, 2.05) is 12.1 Å². The Hall–Kier alpha value is -1.56. The van der Waals surface area contributed by atoms with Gasteiger partial charge in [-0.3, -0.25) is 4.79 Å². The average Bonchev–Trinajstić information content (AvgIpc) is 2.47. The van der Waals surface area contributed by atoms with E-state index >= 15 is 0 Å². The first-order valence-electron chi connectivity index (χ1n) is 6.16. The molecule has 0 atom stereocenters. The lowest BCUT2D eigenvalue weighted by Gasteiger charge is -2.11. The van der Waals surface area contributed by atoms with Gasteiger partial charge in [-0.2, -0.15) is 0 Å². The molecule has 0 saturated heterocycles. The van der Waals surface area contributed by atoms with E-state index in [1.165, 1.54) is 0 Å². The monoisotopic (exact) mass is 369 g/mol. The van der Waals surface area contributed by atoms with Crippen molar-refractivity contribution < 1.29 is 14.6 Å². The van der Waals surface area contributed by atoms with Crippen LogP contribution >= 0.6 is 27.5 Å². The minimum atomic E-state index is -0.291. The number of hydrogen-bond donors (Lipinski definition) is 2. The molecule has 0 unspecified atom stereocenters. The number of nitrogens with one attached hydrogen (secondary N) is 1. The third-order valence-electron chi connectivity index (χ3n) is 2.72. The number of halogens is 2. The predicted molar refractivity (Wildman–Crippen MR) is 85.6 cm³/mol. The molecule has 2 aromatic carbocycles. The number of aliphatic hydroxyl groups is 1. The van der Waals surface area contributed by atoms with E-state index in [1.54, 1.807) is 30.3 Å². The number of rotatable bonds is 5. The van der Waals surface area contributed by atoms with Crippen LogP contribution in [0.2, 0.25) is 5.02 Å². The zero-order chi connectivity index (χ0) is 15.2. The number of carbonyl (C=O) groups is 1. The molecule has 0 fully saturated rings. The van der Waals surface area contributed by atoms with Crippen LogP contribution in [-0.2, 0) is 11.4 Å². The van der Waals surface area contributed by atoms with Gasteiger partial charge in [0, 0.05) is 20.7 Å². The number of hydrogen-bond acceptors (Lipinski definition) is 3. The summed E-state index contributed by atoms with van der Waals surface area (Å²) >= 11 is 9.27. The Morgan fingerprint density at radius 3 is 2.62 bits per heavy atom. The Bertz CT molecular complexity index is 631. The molecule has 0 spiro atoms. The van der Waals surface area contributed by atoms with Gasteiger partial charge in [0.05, 0.1) is 6.61 Å². The SMILES string of the molecule is O=C(COc1cccc(Cl)c1CO)Nc1ccc(Br)cc1. The summed E-state index contributed by atoms with van der Waals surface area (Å²) < 4.78 is 6.33. The number of amides is 1. The Balaban J connectivity index is 1.95. The fourth-order valence-electron chi connectivity index (χ4n) is 1.70. The molecule has 6 heteroatoms. The van der Waals surface area contributed by atoms with Gasteiger partial charge in [-0.1, -0.05) is 33.6 Å². The van der Waals surface area contributed by atoms with E-state index in [-0.39, 0.29) is 19.1 Å². The van der Waals surface area contributed by atoms with E-state index in [2.05, 4.69) is 21.2 Å². The van der Waals surface area contributed by atoms with Gasteiger partial charge in [0.15, 0.2) is 6.61 Å². The maximum absolute atomic E-state index is 11.8. The molecular formula is C15H13BrClNO3. The maximum atomic E-state index is 11.8. The van der Waals surface area contributed by atoms with E-state index < -0.39 is 0 Å². The summed E-state index contributed by atoms with van der Waals surface area (Å²) in [7, 11) is 0. The van der Waals surface area contributed by atoms with E-state index in [4.69, 9.17) is 16.3 Å². The molecule has 110 valence electrons. The molecule has 0 aliphatic carbocycles. The van der Waals surface area contributed by atoms with Gasteiger partial charge in [0.25, 0.3) is 5.91 Å². The highest BCUT2D eigenvalue weighted by Gasteiger charge is 2.09. The van der Waals surface area contributed by atoms with Crippen molar-refractivity contribution in [3.05, 3.63) is 57.5 Å². The van der Waals surface area contributed by atoms with Gasteiger partial charge in [0.2, 0.25) is 0 Å². The molecule has 2 aromatic rings. The van der Waals surface area contributed by atoms with E-state index in [0.717, 1.165) is 4.47 Å². The average molecular weight is 371 g/mol. The van der Waals surface area contributed by atoms with Crippen molar-refractivity contribution in [2.45, 2.75) is 6.61 Å². The molecule has 2 rings (SSSR count). The summed E-state index contributed by atoms with van der Waals surface area (Å²) in [5, 5.41) is 12.4. The van der Waals surface area contributed by atoms with Crippen molar-refractivity contribution >= 4 is 39.1 Å². The highest BCUT2D eigenvalue weighted by Crippen LogP contribution is 2.26. The summed E-state index contributed by atoms with van der Waals surface area (Å²) in [5.74, 6) is 0.108. The van der Waals surface area contributed by atoms with Gasteiger partial charge in [-0.25, -0.2) is 0 Å². The van der Waals surface area contributed by atoms with Gasteiger partial charge in [-0.15, -0.1) is 0 Å².